The van der Waals surface area contributed by atoms with Crippen LogP contribution in [-0.4, -0.2) is 23.1 Å². The van der Waals surface area contributed by atoms with Crippen LogP contribution < -0.4 is 5.32 Å². The van der Waals surface area contributed by atoms with Crippen LogP contribution in [0.15, 0.2) is 18.1 Å². The van der Waals surface area contributed by atoms with E-state index in [4.69, 9.17) is 0 Å². The third-order valence-electron chi connectivity index (χ3n) is 2.06. The molecule has 0 fully saturated rings. The molecule has 3 nitrogen and oxygen atoms in total. The second kappa shape index (κ2) is 5.60. The summed E-state index contributed by atoms with van der Waals surface area (Å²) in [5.41, 5.74) is 2.52. The van der Waals surface area contributed by atoms with Crippen molar-refractivity contribution in [1.29, 1.82) is 0 Å². The Hall–Kier alpha value is -1.09. The molecule has 0 amide bonds. The van der Waals surface area contributed by atoms with Gasteiger partial charge in [0.15, 0.2) is 0 Å². The van der Waals surface area contributed by atoms with Crippen LogP contribution in [0.25, 0.3) is 6.08 Å². The van der Waals surface area contributed by atoms with E-state index in [0.29, 0.717) is 0 Å². The lowest BCUT2D eigenvalue weighted by Gasteiger charge is -2.04. The molecule has 0 saturated heterocycles. The Kier molecular flexibility index (Phi) is 4.40. The van der Waals surface area contributed by atoms with Gasteiger partial charge in [0.1, 0.15) is 0 Å². The SMILES string of the molecule is CCCn1cncc1C=C(C)CNC. The number of nitrogens with zero attached hydrogens (tertiary/aromatic N) is 2. The first-order valence-corrected chi connectivity index (χ1v) is 5.09. The highest BCUT2D eigenvalue weighted by Gasteiger charge is 1.97. The van der Waals surface area contributed by atoms with Gasteiger partial charge < -0.3 is 9.88 Å². The molecule has 0 saturated carbocycles. The normalized spacial score (nSPS) is 12.1. The van der Waals surface area contributed by atoms with Gasteiger partial charge in [-0.15, -0.1) is 0 Å². The summed E-state index contributed by atoms with van der Waals surface area (Å²) in [6, 6.07) is 0. The number of imidazole rings is 1. The maximum Gasteiger partial charge on any atom is 0.0950 e. The molecule has 0 aliphatic rings. The van der Waals surface area contributed by atoms with Crippen LogP contribution in [0.2, 0.25) is 0 Å². The summed E-state index contributed by atoms with van der Waals surface area (Å²) in [6.07, 6.45) is 7.12. The second-order valence-electron chi connectivity index (χ2n) is 3.53. The van der Waals surface area contributed by atoms with Gasteiger partial charge in [-0.1, -0.05) is 12.5 Å². The minimum Gasteiger partial charge on any atom is -0.331 e. The lowest BCUT2D eigenvalue weighted by molar-refractivity contribution is 0.673. The zero-order chi connectivity index (χ0) is 10.4. The smallest absolute Gasteiger partial charge is 0.0950 e. The van der Waals surface area contributed by atoms with Crippen LogP contribution in [0.4, 0.5) is 0 Å². The van der Waals surface area contributed by atoms with Crippen molar-refractivity contribution in [2.24, 2.45) is 0 Å². The van der Waals surface area contributed by atoms with Crippen molar-refractivity contribution >= 4 is 6.08 Å². The van der Waals surface area contributed by atoms with Gasteiger partial charge in [-0.2, -0.15) is 0 Å². The van der Waals surface area contributed by atoms with E-state index >= 15 is 0 Å². The van der Waals surface area contributed by atoms with E-state index < -0.39 is 0 Å². The number of hydrogen-bond acceptors (Lipinski definition) is 2. The number of nitrogens with one attached hydrogen (secondary N) is 1. The van der Waals surface area contributed by atoms with Gasteiger partial charge in [-0.25, -0.2) is 4.98 Å². The molecule has 78 valence electrons. The van der Waals surface area contributed by atoms with Crippen LogP contribution in [0.1, 0.15) is 26.0 Å². The summed E-state index contributed by atoms with van der Waals surface area (Å²) in [5.74, 6) is 0. The fourth-order valence-electron chi connectivity index (χ4n) is 1.46. The van der Waals surface area contributed by atoms with Gasteiger partial charge in [0.25, 0.3) is 0 Å². The molecule has 0 atom stereocenters. The van der Waals surface area contributed by atoms with Crippen molar-refractivity contribution in [3.63, 3.8) is 0 Å². The molecule has 1 heterocycles. The third kappa shape index (κ3) is 3.00. The average Bonchev–Trinajstić information content (AvgIpc) is 2.54. The summed E-state index contributed by atoms with van der Waals surface area (Å²) in [5, 5.41) is 3.13. The molecule has 0 unspecified atom stereocenters. The highest BCUT2D eigenvalue weighted by molar-refractivity contribution is 5.48. The van der Waals surface area contributed by atoms with E-state index in [9.17, 15) is 0 Å². The Morgan fingerprint density at radius 3 is 3.07 bits per heavy atom. The molecule has 3 heteroatoms. The highest BCUT2D eigenvalue weighted by Crippen LogP contribution is 2.06. The Labute approximate surface area is 85.8 Å². The number of aromatic nitrogens is 2. The fraction of sp³-hybridized carbons (Fsp3) is 0.545. The van der Waals surface area contributed by atoms with Gasteiger partial charge >= 0.3 is 0 Å². The predicted octanol–water partition coefficient (Wildman–Crippen LogP) is 1.92. The van der Waals surface area contributed by atoms with Crippen LogP contribution in [0, 0.1) is 0 Å². The summed E-state index contributed by atoms with van der Waals surface area (Å²) >= 11 is 0. The topological polar surface area (TPSA) is 29.9 Å². The van der Waals surface area contributed by atoms with Crippen molar-refractivity contribution < 1.29 is 0 Å². The zero-order valence-electron chi connectivity index (χ0n) is 9.25. The zero-order valence-corrected chi connectivity index (χ0v) is 9.25. The van der Waals surface area contributed by atoms with Crippen LogP contribution in [0.5, 0.6) is 0 Å². The maximum atomic E-state index is 4.15. The first-order chi connectivity index (χ1) is 6.77. The number of hydrogen-bond donors (Lipinski definition) is 1. The molecular formula is C11H19N3. The first kappa shape index (κ1) is 11.0. The van der Waals surface area contributed by atoms with E-state index in [-0.39, 0.29) is 0 Å². The molecule has 0 aliphatic carbocycles. The van der Waals surface area contributed by atoms with E-state index in [1.54, 1.807) is 0 Å². The lowest BCUT2D eigenvalue weighted by Crippen LogP contribution is -2.08. The van der Waals surface area contributed by atoms with Gasteiger partial charge in [0.2, 0.25) is 0 Å². The summed E-state index contributed by atoms with van der Waals surface area (Å²) in [4.78, 5) is 4.15. The molecule has 1 aromatic heterocycles. The molecule has 1 N–H and O–H groups in total. The highest BCUT2D eigenvalue weighted by atomic mass is 15.0. The van der Waals surface area contributed by atoms with E-state index in [1.165, 1.54) is 11.3 Å². The van der Waals surface area contributed by atoms with Crippen molar-refractivity contribution in [2.75, 3.05) is 13.6 Å². The molecule has 14 heavy (non-hydrogen) atoms. The fourth-order valence-corrected chi connectivity index (χ4v) is 1.46. The standard InChI is InChI=1S/C11H19N3/c1-4-5-14-9-13-8-11(14)6-10(2)7-12-3/h6,8-9,12H,4-5,7H2,1-3H3. The molecule has 0 spiro atoms. The van der Waals surface area contributed by atoms with Gasteiger partial charge in [0, 0.05) is 13.1 Å². The average molecular weight is 193 g/mol. The molecule has 0 radical (unpaired) electrons. The minimum atomic E-state index is 0.928. The monoisotopic (exact) mass is 193 g/mol. The van der Waals surface area contributed by atoms with Gasteiger partial charge in [-0.05, 0) is 26.5 Å². The molecular weight excluding hydrogens is 174 g/mol. The molecule has 1 aromatic rings. The van der Waals surface area contributed by atoms with E-state index in [0.717, 1.165) is 19.5 Å². The third-order valence-corrected chi connectivity index (χ3v) is 2.06. The van der Waals surface area contributed by atoms with Crippen LogP contribution >= 0.6 is 0 Å². The minimum absolute atomic E-state index is 0.928. The molecule has 1 rings (SSSR count). The Bertz CT molecular complexity index is 299. The predicted molar refractivity (Wildman–Crippen MR) is 60.1 cm³/mol. The number of likely N-dealkylation sites (N-methyl/N-ethyl adjacent to an activating group) is 1. The quantitative estimate of drug-likeness (QED) is 0.774. The first-order valence-electron chi connectivity index (χ1n) is 5.09. The van der Waals surface area contributed by atoms with Crippen molar-refractivity contribution in [1.82, 2.24) is 14.9 Å². The summed E-state index contributed by atoms with van der Waals surface area (Å²) < 4.78 is 2.18. The summed E-state index contributed by atoms with van der Waals surface area (Å²) in [6.45, 7) is 6.27. The molecule has 0 bridgehead atoms. The van der Waals surface area contributed by atoms with Crippen LogP contribution in [-0.2, 0) is 6.54 Å². The number of rotatable bonds is 5. The Morgan fingerprint density at radius 2 is 2.43 bits per heavy atom. The number of aryl methyl sites for hydroxylation is 1. The lowest BCUT2D eigenvalue weighted by atomic mass is 10.2. The largest absolute Gasteiger partial charge is 0.331 e. The maximum absolute atomic E-state index is 4.15. The van der Waals surface area contributed by atoms with Gasteiger partial charge in [-0.3, -0.25) is 0 Å². The molecule has 0 aliphatic heterocycles. The van der Waals surface area contributed by atoms with Crippen molar-refractivity contribution in [3.05, 3.63) is 23.8 Å². The van der Waals surface area contributed by atoms with Crippen molar-refractivity contribution in [3.8, 4) is 0 Å². The van der Waals surface area contributed by atoms with E-state index in [2.05, 4.69) is 34.8 Å². The second-order valence-corrected chi connectivity index (χ2v) is 3.53. The Balaban J connectivity index is 2.74. The van der Waals surface area contributed by atoms with Crippen molar-refractivity contribution in [2.45, 2.75) is 26.8 Å². The Morgan fingerprint density at radius 1 is 1.64 bits per heavy atom. The van der Waals surface area contributed by atoms with Gasteiger partial charge in [0.05, 0.1) is 18.2 Å². The molecule has 0 aromatic carbocycles. The summed E-state index contributed by atoms with van der Waals surface area (Å²) in [7, 11) is 1.96. The van der Waals surface area contributed by atoms with Crippen LogP contribution in [0.3, 0.4) is 0 Å². The van der Waals surface area contributed by atoms with E-state index in [1.807, 2.05) is 19.6 Å².